The zero-order valence-corrected chi connectivity index (χ0v) is 13.1. The van der Waals surface area contributed by atoms with Gasteiger partial charge in [-0.1, -0.05) is 35.5 Å². The molecule has 3 rings (SSSR count). The molecule has 0 aliphatic carbocycles. The molecule has 1 aromatic heterocycles. The monoisotopic (exact) mass is 324 g/mol. The van der Waals surface area contributed by atoms with E-state index in [0.29, 0.717) is 29.6 Å². The third kappa shape index (κ3) is 4.07. The van der Waals surface area contributed by atoms with Crippen molar-refractivity contribution in [1.29, 1.82) is 0 Å². The SMILES string of the molecule is O=S1(=O)CC[C@@H](SCc2nc(Cc3ccccc3)no2)C1. The predicted molar refractivity (Wildman–Crippen MR) is 81.9 cm³/mol. The summed E-state index contributed by atoms with van der Waals surface area (Å²) in [7, 11) is -2.82. The molecule has 1 aliphatic rings. The van der Waals surface area contributed by atoms with Gasteiger partial charge in [0.15, 0.2) is 15.7 Å². The van der Waals surface area contributed by atoms with Crippen molar-refractivity contribution in [2.45, 2.75) is 23.8 Å². The van der Waals surface area contributed by atoms with Crippen LogP contribution in [0.25, 0.3) is 0 Å². The van der Waals surface area contributed by atoms with E-state index in [1.807, 2.05) is 30.3 Å². The first kappa shape index (κ1) is 14.6. The van der Waals surface area contributed by atoms with Crippen LogP contribution in [-0.4, -0.2) is 35.3 Å². The second-order valence-corrected chi connectivity index (χ2v) is 8.62. The first-order chi connectivity index (χ1) is 10.1. The van der Waals surface area contributed by atoms with Crippen LogP contribution in [-0.2, 0) is 22.0 Å². The van der Waals surface area contributed by atoms with Crippen LogP contribution in [0.2, 0.25) is 0 Å². The highest BCUT2D eigenvalue weighted by Crippen LogP contribution is 2.26. The van der Waals surface area contributed by atoms with Crippen molar-refractivity contribution in [2.75, 3.05) is 11.5 Å². The molecule has 2 heterocycles. The van der Waals surface area contributed by atoms with Gasteiger partial charge in [-0.2, -0.15) is 4.98 Å². The van der Waals surface area contributed by atoms with Gasteiger partial charge in [0, 0.05) is 11.7 Å². The summed E-state index contributed by atoms with van der Waals surface area (Å²) in [4.78, 5) is 4.35. The number of rotatable bonds is 5. The number of thioether (sulfide) groups is 1. The number of benzene rings is 1. The lowest BCUT2D eigenvalue weighted by atomic mass is 10.1. The lowest BCUT2D eigenvalue weighted by Gasteiger charge is -2.03. The highest BCUT2D eigenvalue weighted by Gasteiger charge is 2.28. The van der Waals surface area contributed by atoms with Gasteiger partial charge in [0.05, 0.1) is 17.3 Å². The Morgan fingerprint density at radius 1 is 1.29 bits per heavy atom. The number of hydrogen-bond acceptors (Lipinski definition) is 6. The minimum absolute atomic E-state index is 0.152. The van der Waals surface area contributed by atoms with Crippen molar-refractivity contribution in [3.8, 4) is 0 Å². The summed E-state index contributed by atoms with van der Waals surface area (Å²) >= 11 is 1.58. The van der Waals surface area contributed by atoms with Gasteiger partial charge in [-0.05, 0) is 12.0 Å². The summed E-state index contributed by atoms with van der Waals surface area (Å²) in [6.45, 7) is 0. The van der Waals surface area contributed by atoms with Gasteiger partial charge in [0.1, 0.15) is 0 Å². The van der Waals surface area contributed by atoms with E-state index in [1.54, 1.807) is 11.8 Å². The molecule has 0 unspecified atom stereocenters. The molecule has 0 radical (unpaired) electrons. The second-order valence-electron chi connectivity index (χ2n) is 5.10. The fraction of sp³-hybridized carbons (Fsp3) is 0.429. The molecule has 0 N–H and O–H groups in total. The molecule has 1 fully saturated rings. The lowest BCUT2D eigenvalue weighted by Crippen LogP contribution is -2.06. The first-order valence-electron chi connectivity index (χ1n) is 6.78. The highest BCUT2D eigenvalue weighted by atomic mass is 32.2. The van der Waals surface area contributed by atoms with Crippen LogP contribution in [0.5, 0.6) is 0 Å². The number of nitrogens with zero attached hydrogens (tertiary/aromatic N) is 2. The van der Waals surface area contributed by atoms with Crippen molar-refractivity contribution in [1.82, 2.24) is 10.1 Å². The summed E-state index contributed by atoms with van der Waals surface area (Å²) in [6, 6.07) is 9.97. The fourth-order valence-corrected chi connectivity index (χ4v) is 5.76. The largest absolute Gasteiger partial charge is 0.338 e. The molecule has 1 aliphatic heterocycles. The van der Waals surface area contributed by atoms with Gasteiger partial charge in [-0.3, -0.25) is 0 Å². The maximum atomic E-state index is 11.4. The van der Waals surface area contributed by atoms with Crippen LogP contribution in [0.3, 0.4) is 0 Å². The average molecular weight is 324 g/mol. The molecule has 1 saturated heterocycles. The van der Waals surface area contributed by atoms with E-state index in [0.717, 1.165) is 12.0 Å². The molecule has 0 amide bonds. The van der Waals surface area contributed by atoms with Gasteiger partial charge in [0.2, 0.25) is 5.89 Å². The molecular weight excluding hydrogens is 308 g/mol. The minimum Gasteiger partial charge on any atom is -0.338 e. The number of sulfone groups is 1. The molecule has 0 spiro atoms. The maximum Gasteiger partial charge on any atom is 0.236 e. The summed E-state index contributed by atoms with van der Waals surface area (Å²) in [5, 5.41) is 4.12. The number of hydrogen-bond donors (Lipinski definition) is 0. The van der Waals surface area contributed by atoms with Gasteiger partial charge < -0.3 is 4.52 Å². The van der Waals surface area contributed by atoms with Crippen LogP contribution < -0.4 is 0 Å². The van der Waals surface area contributed by atoms with Crippen LogP contribution in [0.1, 0.15) is 23.7 Å². The van der Waals surface area contributed by atoms with Gasteiger partial charge in [-0.25, -0.2) is 8.42 Å². The molecule has 2 aromatic rings. The molecular formula is C14H16N2O3S2. The summed E-state index contributed by atoms with van der Waals surface area (Å²) in [5.74, 6) is 2.37. The average Bonchev–Trinajstić information content (AvgIpc) is 3.04. The normalized spacial score (nSPS) is 20.7. The van der Waals surface area contributed by atoms with E-state index >= 15 is 0 Å². The molecule has 1 aromatic carbocycles. The lowest BCUT2D eigenvalue weighted by molar-refractivity contribution is 0.385. The molecule has 0 bridgehead atoms. The van der Waals surface area contributed by atoms with E-state index in [9.17, 15) is 8.42 Å². The molecule has 7 heteroatoms. The Kier molecular flexibility index (Phi) is 4.30. The van der Waals surface area contributed by atoms with Crippen LogP contribution in [0.15, 0.2) is 34.9 Å². The van der Waals surface area contributed by atoms with Gasteiger partial charge in [-0.15, -0.1) is 11.8 Å². The Morgan fingerprint density at radius 3 is 2.81 bits per heavy atom. The topological polar surface area (TPSA) is 73.1 Å². The fourth-order valence-electron chi connectivity index (χ4n) is 2.28. The van der Waals surface area contributed by atoms with E-state index < -0.39 is 9.84 Å². The van der Waals surface area contributed by atoms with Crippen molar-refractivity contribution >= 4 is 21.6 Å². The Hall–Kier alpha value is -1.34. The Bertz CT molecular complexity index is 698. The predicted octanol–water partition coefficient (Wildman–Crippen LogP) is 2.08. The molecule has 0 saturated carbocycles. The van der Waals surface area contributed by atoms with Crippen molar-refractivity contribution in [2.24, 2.45) is 0 Å². The molecule has 5 nitrogen and oxygen atoms in total. The summed E-state index contributed by atoms with van der Waals surface area (Å²) in [6.07, 6.45) is 1.37. The Morgan fingerprint density at radius 2 is 2.10 bits per heavy atom. The van der Waals surface area contributed by atoms with Crippen LogP contribution >= 0.6 is 11.8 Å². The third-order valence-corrected chi connectivity index (χ3v) is 6.61. The smallest absolute Gasteiger partial charge is 0.236 e. The Balaban J connectivity index is 1.54. The Labute approximate surface area is 128 Å². The molecule has 112 valence electrons. The standard InChI is InChI=1S/C14H16N2O3S2/c17-21(18)7-6-12(10-21)20-9-14-15-13(16-19-14)8-11-4-2-1-3-5-11/h1-5,12H,6-10H2/t12-/m1/s1. The first-order valence-corrected chi connectivity index (χ1v) is 9.65. The minimum atomic E-state index is -2.82. The quantitative estimate of drug-likeness (QED) is 0.838. The van der Waals surface area contributed by atoms with Crippen LogP contribution in [0.4, 0.5) is 0 Å². The van der Waals surface area contributed by atoms with E-state index in [-0.39, 0.29) is 11.0 Å². The molecule has 1 atom stereocenters. The van der Waals surface area contributed by atoms with Crippen molar-refractivity contribution in [3.63, 3.8) is 0 Å². The maximum absolute atomic E-state index is 11.4. The van der Waals surface area contributed by atoms with Crippen LogP contribution in [0, 0.1) is 0 Å². The summed E-state index contributed by atoms with van der Waals surface area (Å²) < 4.78 is 28.0. The second kappa shape index (κ2) is 6.19. The van der Waals surface area contributed by atoms with E-state index in [2.05, 4.69) is 10.1 Å². The van der Waals surface area contributed by atoms with E-state index in [4.69, 9.17) is 4.52 Å². The highest BCUT2D eigenvalue weighted by molar-refractivity contribution is 8.01. The van der Waals surface area contributed by atoms with Gasteiger partial charge in [0.25, 0.3) is 0 Å². The summed E-state index contributed by atoms with van der Waals surface area (Å²) in [5.41, 5.74) is 1.14. The number of aromatic nitrogens is 2. The van der Waals surface area contributed by atoms with Crippen molar-refractivity contribution in [3.05, 3.63) is 47.6 Å². The van der Waals surface area contributed by atoms with Gasteiger partial charge >= 0.3 is 0 Å². The zero-order chi connectivity index (χ0) is 14.7. The van der Waals surface area contributed by atoms with Crippen molar-refractivity contribution < 1.29 is 12.9 Å². The van der Waals surface area contributed by atoms with E-state index in [1.165, 1.54) is 0 Å². The molecule has 21 heavy (non-hydrogen) atoms. The zero-order valence-electron chi connectivity index (χ0n) is 11.4. The third-order valence-electron chi connectivity index (χ3n) is 3.35.